The summed E-state index contributed by atoms with van der Waals surface area (Å²) in [5, 5.41) is 0. The van der Waals surface area contributed by atoms with Crippen molar-refractivity contribution in [2.45, 2.75) is 12.6 Å². The number of rotatable bonds is 0. The molecule has 54 valence electrons. The van der Waals surface area contributed by atoms with E-state index in [1.165, 1.54) is 0 Å². The summed E-state index contributed by atoms with van der Waals surface area (Å²) < 4.78 is 19.4. The predicted molar refractivity (Wildman–Crippen MR) is 27.2 cm³/mol. The van der Waals surface area contributed by atoms with Gasteiger partial charge in [-0.3, -0.25) is 0 Å². The number of hydrogen-bond acceptors (Lipinski definition) is 4. The van der Waals surface area contributed by atoms with E-state index >= 15 is 0 Å². The standard InChI is InChI=1S/C3H7NO3P.Fe/c4-3-1-2-6-8(5)7-3;/h3H,1-2,4H2;/q+1;. The first-order valence-corrected chi connectivity index (χ1v) is 3.41. The summed E-state index contributed by atoms with van der Waals surface area (Å²) in [4.78, 5) is 0. The molecule has 2 unspecified atom stereocenters. The summed E-state index contributed by atoms with van der Waals surface area (Å²) in [5.41, 5.74) is 5.24. The van der Waals surface area contributed by atoms with Crippen LogP contribution in [0.15, 0.2) is 0 Å². The van der Waals surface area contributed by atoms with Crippen molar-refractivity contribution in [2.24, 2.45) is 5.73 Å². The molecule has 0 amide bonds. The minimum absolute atomic E-state index is 0. The maximum atomic E-state index is 10.3. The van der Waals surface area contributed by atoms with Crippen LogP contribution in [0.4, 0.5) is 0 Å². The number of hydrogen-bond donors (Lipinski definition) is 1. The molecule has 1 saturated heterocycles. The number of nitrogens with two attached hydrogens (primary N) is 1. The van der Waals surface area contributed by atoms with Gasteiger partial charge in [0.1, 0.15) is 6.61 Å². The second kappa shape index (κ2) is 4.34. The Morgan fingerprint density at radius 1 is 1.67 bits per heavy atom. The first kappa shape index (κ1) is 9.50. The molecule has 1 aliphatic rings. The van der Waals surface area contributed by atoms with E-state index in [-0.39, 0.29) is 17.1 Å². The molecule has 0 aliphatic carbocycles. The first-order valence-electron chi connectivity index (χ1n) is 2.31. The SMILES string of the molecule is NC1CCO[P+](=O)O1.[Fe]. The summed E-state index contributed by atoms with van der Waals surface area (Å²) in [6.45, 7) is 0.441. The molecule has 9 heavy (non-hydrogen) atoms. The molecule has 2 atom stereocenters. The van der Waals surface area contributed by atoms with Crippen LogP contribution in [0.25, 0.3) is 0 Å². The van der Waals surface area contributed by atoms with Crippen LogP contribution in [0.3, 0.4) is 0 Å². The van der Waals surface area contributed by atoms with Gasteiger partial charge in [-0.25, -0.2) is 0 Å². The van der Waals surface area contributed by atoms with Crippen LogP contribution >= 0.6 is 8.25 Å². The van der Waals surface area contributed by atoms with Crippen LogP contribution in [0.1, 0.15) is 6.42 Å². The van der Waals surface area contributed by atoms with Gasteiger partial charge in [0.25, 0.3) is 0 Å². The van der Waals surface area contributed by atoms with Gasteiger partial charge >= 0.3 is 8.25 Å². The second-order valence-corrected chi connectivity index (χ2v) is 2.41. The largest absolute Gasteiger partial charge is 0.699 e. The minimum atomic E-state index is -1.91. The van der Waals surface area contributed by atoms with E-state index in [0.717, 1.165) is 0 Å². The van der Waals surface area contributed by atoms with Crippen molar-refractivity contribution >= 4 is 8.25 Å². The zero-order valence-electron chi connectivity index (χ0n) is 4.59. The summed E-state index contributed by atoms with van der Waals surface area (Å²) in [6.07, 6.45) is 0.230. The molecule has 1 rings (SSSR count). The van der Waals surface area contributed by atoms with E-state index in [4.69, 9.17) is 5.73 Å². The van der Waals surface area contributed by atoms with E-state index in [9.17, 15) is 4.57 Å². The summed E-state index contributed by atoms with van der Waals surface area (Å²) in [6, 6.07) is 0. The molecular formula is C3H7FeNO3P+. The van der Waals surface area contributed by atoms with Gasteiger partial charge in [0.05, 0.1) is 0 Å². The quantitative estimate of drug-likeness (QED) is 0.444. The van der Waals surface area contributed by atoms with Gasteiger partial charge < -0.3 is 5.73 Å². The molecule has 0 spiro atoms. The van der Waals surface area contributed by atoms with Gasteiger partial charge in [0, 0.05) is 28.1 Å². The van der Waals surface area contributed by atoms with Crippen molar-refractivity contribution in [3.8, 4) is 0 Å². The molecule has 6 heteroatoms. The van der Waals surface area contributed by atoms with Crippen LogP contribution in [0.2, 0.25) is 0 Å². The topological polar surface area (TPSA) is 61.5 Å². The third-order valence-electron chi connectivity index (χ3n) is 0.821. The van der Waals surface area contributed by atoms with Gasteiger partial charge in [-0.05, 0) is 0 Å². The molecule has 4 nitrogen and oxygen atoms in total. The van der Waals surface area contributed by atoms with Gasteiger partial charge in [-0.15, -0.1) is 9.05 Å². The smallest absolute Gasteiger partial charge is 0.302 e. The Morgan fingerprint density at radius 2 is 2.33 bits per heavy atom. The van der Waals surface area contributed by atoms with Crippen molar-refractivity contribution < 1.29 is 30.7 Å². The normalized spacial score (nSPS) is 31.2. The van der Waals surface area contributed by atoms with Crippen LogP contribution in [-0.2, 0) is 30.7 Å². The first-order chi connectivity index (χ1) is 3.79. The average molecular weight is 192 g/mol. The Hall–Kier alpha value is 0.499. The Morgan fingerprint density at radius 3 is 2.67 bits per heavy atom. The molecule has 0 aromatic rings. The summed E-state index contributed by atoms with van der Waals surface area (Å²) >= 11 is 0. The maximum Gasteiger partial charge on any atom is 0.699 e. The molecular weight excluding hydrogens is 185 g/mol. The van der Waals surface area contributed by atoms with Crippen molar-refractivity contribution in [3.63, 3.8) is 0 Å². The summed E-state index contributed by atoms with van der Waals surface area (Å²) in [5.74, 6) is 0. The Labute approximate surface area is 64.5 Å². The molecule has 1 fully saturated rings. The monoisotopic (exact) mass is 192 g/mol. The molecule has 0 bridgehead atoms. The van der Waals surface area contributed by atoms with Crippen LogP contribution in [0, 0.1) is 0 Å². The van der Waals surface area contributed by atoms with Crippen molar-refractivity contribution in [1.82, 2.24) is 0 Å². The third kappa shape index (κ3) is 3.26. The zero-order chi connectivity index (χ0) is 5.98. The molecule has 0 aromatic heterocycles. The fraction of sp³-hybridized carbons (Fsp3) is 1.00. The van der Waals surface area contributed by atoms with Gasteiger partial charge in [0.15, 0.2) is 6.23 Å². The van der Waals surface area contributed by atoms with E-state index in [1.54, 1.807) is 0 Å². The van der Waals surface area contributed by atoms with Gasteiger partial charge in [-0.1, -0.05) is 0 Å². The third-order valence-corrected chi connectivity index (χ3v) is 1.66. The average Bonchev–Trinajstić information content (AvgIpc) is 1.64. The molecule has 0 radical (unpaired) electrons. The van der Waals surface area contributed by atoms with Crippen LogP contribution in [-0.4, -0.2) is 12.8 Å². The molecule has 1 aliphatic heterocycles. The minimum Gasteiger partial charge on any atom is -0.302 e. The summed E-state index contributed by atoms with van der Waals surface area (Å²) in [7, 11) is -1.91. The van der Waals surface area contributed by atoms with Crippen LogP contribution < -0.4 is 5.73 Å². The predicted octanol–water partition coefficient (Wildman–Crippen LogP) is 0.363. The van der Waals surface area contributed by atoms with Crippen molar-refractivity contribution in [2.75, 3.05) is 6.61 Å². The maximum absolute atomic E-state index is 10.3. The Kier molecular flexibility index (Phi) is 4.58. The van der Waals surface area contributed by atoms with E-state index < -0.39 is 14.5 Å². The van der Waals surface area contributed by atoms with Crippen molar-refractivity contribution in [1.29, 1.82) is 0 Å². The molecule has 2 N–H and O–H groups in total. The van der Waals surface area contributed by atoms with E-state index in [0.29, 0.717) is 13.0 Å². The fourth-order valence-electron chi connectivity index (χ4n) is 0.437. The Bertz CT molecular complexity index is 111. The Balaban J connectivity index is 0.000000640. The van der Waals surface area contributed by atoms with E-state index in [1.807, 2.05) is 0 Å². The van der Waals surface area contributed by atoms with Crippen LogP contribution in [0.5, 0.6) is 0 Å². The van der Waals surface area contributed by atoms with Gasteiger partial charge in [-0.2, -0.15) is 0 Å². The fourth-order valence-corrected chi connectivity index (χ4v) is 1.08. The second-order valence-electron chi connectivity index (χ2n) is 1.49. The molecule has 0 saturated carbocycles. The molecule has 1 heterocycles. The zero-order valence-corrected chi connectivity index (χ0v) is 6.59. The molecule has 0 aromatic carbocycles. The van der Waals surface area contributed by atoms with Crippen molar-refractivity contribution in [3.05, 3.63) is 0 Å². The van der Waals surface area contributed by atoms with Gasteiger partial charge in [0.2, 0.25) is 0 Å². The van der Waals surface area contributed by atoms with E-state index in [2.05, 4.69) is 9.05 Å².